The lowest BCUT2D eigenvalue weighted by Gasteiger charge is -2.28. The molecule has 9 heteroatoms. The van der Waals surface area contributed by atoms with Crippen molar-refractivity contribution < 1.29 is 14.1 Å². The molecule has 1 aliphatic heterocycles. The van der Waals surface area contributed by atoms with Crippen LogP contribution in [0.4, 0.5) is 5.69 Å². The number of nitrogens with zero attached hydrogens (tertiary/aromatic N) is 3. The average molecular weight is 567 g/mol. The summed E-state index contributed by atoms with van der Waals surface area (Å²) in [6, 6.07) is 17.2. The predicted molar refractivity (Wildman–Crippen MR) is 163 cm³/mol. The van der Waals surface area contributed by atoms with Crippen molar-refractivity contribution in [3.8, 4) is 11.3 Å². The molecule has 2 aromatic carbocycles. The van der Waals surface area contributed by atoms with Crippen molar-refractivity contribution in [2.24, 2.45) is 0 Å². The van der Waals surface area contributed by atoms with Crippen LogP contribution in [0, 0.1) is 6.92 Å². The Morgan fingerprint density at radius 3 is 2.55 bits per heavy atom. The van der Waals surface area contributed by atoms with E-state index in [1.165, 1.54) is 0 Å². The molecule has 0 atom stereocenters. The minimum atomic E-state index is -0.366. The fraction of sp³-hybridized carbons (Fsp3) is 0.333. The molecule has 0 aliphatic carbocycles. The van der Waals surface area contributed by atoms with Crippen LogP contribution in [0.2, 0.25) is 0 Å². The highest BCUT2D eigenvalue weighted by atomic mass is 16.5. The second-order valence-electron chi connectivity index (χ2n) is 11.8. The smallest absolute Gasteiger partial charge is 0.290 e. The van der Waals surface area contributed by atoms with Crippen molar-refractivity contribution in [1.29, 1.82) is 0 Å². The van der Waals surface area contributed by atoms with Crippen molar-refractivity contribution in [2.75, 3.05) is 31.5 Å². The molecule has 1 saturated heterocycles. The van der Waals surface area contributed by atoms with Gasteiger partial charge in [0.15, 0.2) is 0 Å². The van der Waals surface area contributed by atoms with E-state index in [-0.39, 0.29) is 23.0 Å². The van der Waals surface area contributed by atoms with E-state index in [0.29, 0.717) is 23.5 Å². The maximum Gasteiger partial charge on any atom is 0.290 e. The summed E-state index contributed by atoms with van der Waals surface area (Å²) in [5, 5.41) is 13.4. The van der Waals surface area contributed by atoms with Crippen molar-refractivity contribution >= 4 is 17.5 Å². The first-order valence-corrected chi connectivity index (χ1v) is 14.3. The second-order valence-corrected chi connectivity index (χ2v) is 11.8. The summed E-state index contributed by atoms with van der Waals surface area (Å²) >= 11 is 0. The van der Waals surface area contributed by atoms with Crippen LogP contribution in [0.3, 0.4) is 0 Å². The predicted octanol–water partition coefficient (Wildman–Crippen LogP) is 4.93. The number of aromatic nitrogens is 2. The van der Waals surface area contributed by atoms with Gasteiger partial charge in [0.2, 0.25) is 5.76 Å². The highest BCUT2D eigenvalue weighted by Gasteiger charge is 2.20. The molecule has 1 aliphatic rings. The lowest BCUT2D eigenvalue weighted by Crippen LogP contribution is -2.42. The third kappa shape index (κ3) is 7.29. The SMILES string of the molecule is Cc1ccc(NC(=O)c2cc(CN3CCNCC3)cc(C(C)(C)C)c2)cc1-c1cc(C(=O)NCc2cccnc2)on1. The second kappa shape index (κ2) is 12.7. The highest BCUT2D eigenvalue weighted by Crippen LogP contribution is 2.28. The number of piperazine rings is 1. The normalized spacial score (nSPS) is 14.0. The van der Waals surface area contributed by atoms with Crippen molar-refractivity contribution in [3.05, 3.63) is 101 Å². The number of amides is 2. The quantitative estimate of drug-likeness (QED) is 0.277. The lowest BCUT2D eigenvalue weighted by atomic mass is 9.85. The van der Waals surface area contributed by atoms with E-state index in [0.717, 1.165) is 60.5 Å². The molecule has 0 saturated carbocycles. The molecule has 0 spiro atoms. The Hall–Kier alpha value is -4.34. The molecule has 0 bridgehead atoms. The molecule has 1 fully saturated rings. The van der Waals surface area contributed by atoms with E-state index < -0.39 is 0 Å². The Kier molecular flexibility index (Phi) is 8.80. The zero-order valence-corrected chi connectivity index (χ0v) is 24.7. The minimum absolute atomic E-state index is 0.0968. The van der Waals surface area contributed by atoms with Crippen molar-refractivity contribution in [3.63, 3.8) is 0 Å². The monoisotopic (exact) mass is 566 g/mol. The summed E-state index contributed by atoms with van der Waals surface area (Å²) in [5.41, 5.74) is 6.54. The van der Waals surface area contributed by atoms with Crippen LogP contribution in [0.1, 0.15) is 63.9 Å². The van der Waals surface area contributed by atoms with Gasteiger partial charge in [0.1, 0.15) is 5.69 Å². The van der Waals surface area contributed by atoms with Crippen LogP contribution < -0.4 is 16.0 Å². The van der Waals surface area contributed by atoms with Crippen molar-refractivity contribution in [1.82, 2.24) is 25.7 Å². The first-order valence-electron chi connectivity index (χ1n) is 14.3. The molecular formula is C33H38N6O3. The molecule has 3 N–H and O–H groups in total. The molecule has 2 aromatic heterocycles. The number of rotatable bonds is 8. The molecule has 218 valence electrons. The van der Waals surface area contributed by atoms with Gasteiger partial charge in [-0.05, 0) is 64.9 Å². The van der Waals surface area contributed by atoms with Gasteiger partial charge in [-0.15, -0.1) is 0 Å². The molecule has 5 rings (SSSR count). The molecule has 4 aromatic rings. The van der Waals surface area contributed by atoms with E-state index in [2.05, 4.69) is 57.8 Å². The number of carbonyl (C=O) groups is 2. The van der Waals surface area contributed by atoms with Gasteiger partial charge in [0.25, 0.3) is 11.8 Å². The molecule has 3 heterocycles. The van der Waals surface area contributed by atoms with Gasteiger partial charge in [-0.1, -0.05) is 44.1 Å². The molecule has 0 radical (unpaired) electrons. The fourth-order valence-corrected chi connectivity index (χ4v) is 4.94. The molecular weight excluding hydrogens is 528 g/mol. The highest BCUT2D eigenvalue weighted by molar-refractivity contribution is 6.05. The number of benzene rings is 2. The molecule has 2 amide bonds. The minimum Gasteiger partial charge on any atom is -0.350 e. The van der Waals surface area contributed by atoms with E-state index in [1.54, 1.807) is 18.5 Å². The third-order valence-corrected chi connectivity index (χ3v) is 7.42. The van der Waals surface area contributed by atoms with Crippen molar-refractivity contribution in [2.45, 2.75) is 46.2 Å². The van der Waals surface area contributed by atoms with Gasteiger partial charge in [0, 0.05) is 74.5 Å². The van der Waals surface area contributed by atoms with Crippen LogP contribution in [-0.4, -0.2) is 53.0 Å². The summed E-state index contributed by atoms with van der Waals surface area (Å²) in [6.07, 6.45) is 3.38. The van der Waals surface area contributed by atoms with Crippen LogP contribution in [0.5, 0.6) is 0 Å². The zero-order valence-electron chi connectivity index (χ0n) is 24.7. The largest absolute Gasteiger partial charge is 0.350 e. The maximum atomic E-state index is 13.5. The Bertz CT molecular complexity index is 1550. The van der Waals surface area contributed by atoms with Gasteiger partial charge in [-0.25, -0.2) is 0 Å². The third-order valence-electron chi connectivity index (χ3n) is 7.42. The molecule has 42 heavy (non-hydrogen) atoms. The van der Waals surface area contributed by atoms with Crippen LogP contribution >= 0.6 is 0 Å². The van der Waals surface area contributed by atoms with E-state index >= 15 is 0 Å². The molecule has 9 nitrogen and oxygen atoms in total. The number of hydrogen-bond donors (Lipinski definition) is 3. The number of pyridine rings is 1. The van der Waals surface area contributed by atoms with Gasteiger partial charge < -0.3 is 20.5 Å². The van der Waals surface area contributed by atoms with Gasteiger partial charge >= 0.3 is 0 Å². The van der Waals surface area contributed by atoms with Crippen LogP contribution in [-0.2, 0) is 18.5 Å². The number of anilines is 1. The van der Waals surface area contributed by atoms with Gasteiger partial charge in [-0.3, -0.25) is 19.5 Å². The van der Waals surface area contributed by atoms with E-state index in [4.69, 9.17) is 4.52 Å². The summed E-state index contributed by atoms with van der Waals surface area (Å²) in [4.78, 5) is 32.6. The molecule has 0 unspecified atom stereocenters. The number of aryl methyl sites for hydroxylation is 1. The van der Waals surface area contributed by atoms with Gasteiger partial charge in [0.05, 0.1) is 0 Å². The Balaban J connectivity index is 1.32. The Labute approximate surface area is 246 Å². The fourth-order valence-electron chi connectivity index (χ4n) is 4.94. The summed E-state index contributed by atoms with van der Waals surface area (Å²) in [7, 11) is 0. The van der Waals surface area contributed by atoms with E-state index in [1.807, 2.05) is 49.4 Å². The topological polar surface area (TPSA) is 112 Å². The summed E-state index contributed by atoms with van der Waals surface area (Å²) < 4.78 is 5.36. The number of nitrogens with one attached hydrogen (secondary N) is 3. The summed E-state index contributed by atoms with van der Waals surface area (Å²) in [5.74, 6) is -0.429. The average Bonchev–Trinajstić information content (AvgIpc) is 3.48. The number of carbonyl (C=O) groups excluding carboxylic acids is 2. The Morgan fingerprint density at radius 1 is 1.00 bits per heavy atom. The van der Waals surface area contributed by atoms with Crippen LogP contribution in [0.25, 0.3) is 11.3 Å². The standard InChI is InChI=1S/C33H38N6O3/c1-22-7-8-27(17-28(22)29-18-30(42-38-29)32(41)36-20-23-6-5-9-35-19-23)37-31(40)25-14-24(15-26(16-25)33(2,3)4)21-39-12-10-34-11-13-39/h5-9,14-19,34H,10-13,20-21H2,1-4H3,(H,36,41)(H,37,40). The maximum absolute atomic E-state index is 13.5. The zero-order chi connectivity index (χ0) is 29.7. The van der Waals surface area contributed by atoms with Crippen LogP contribution in [0.15, 0.2) is 71.5 Å². The Morgan fingerprint density at radius 2 is 1.81 bits per heavy atom. The van der Waals surface area contributed by atoms with E-state index in [9.17, 15) is 9.59 Å². The van der Waals surface area contributed by atoms with Gasteiger partial charge in [-0.2, -0.15) is 0 Å². The first-order chi connectivity index (χ1) is 20.2. The number of hydrogen-bond acceptors (Lipinski definition) is 7. The summed E-state index contributed by atoms with van der Waals surface area (Å²) in [6.45, 7) is 13.5. The lowest BCUT2D eigenvalue weighted by molar-refractivity contribution is 0.0913. The first kappa shape index (κ1) is 29.2.